The van der Waals surface area contributed by atoms with Crippen LogP contribution in [0.3, 0.4) is 0 Å². The highest BCUT2D eigenvalue weighted by atomic mass is 32.2. The lowest BCUT2D eigenvalue weighted by Crippen LogP contribution is -2.17. The van der Waals surface area contributed by atoms with Crippen molar-refractivity contribution < 1.29 is 13.3 Å². The molecule has 0 spiro atoms. The molecule has 1 unspecified atom stereocenters. The van der Waals surface area contributed by atoms with E-state index in [0.29, 0.717) is 0 Å². The van der Waals surface area contributed by atoms with E-state index in [9.17, 15) is 18.5 Å². The molecule has 0 saturated carbocycles. The lowest BCUT2D eigenvalue weighted by molar-refractivity contribution is -0.389. The van der Waals surface area contributed by atoms with E-state index in [1.165, 1.54) is 18.4 Å². The van der Waals surface area contributed by atoms with Crippen molar-refractivity contribution in [2.45, 2.75) is 32.6 Å². The maximum Gasteiger partial charge on any atom is 0.400 e. The number of rotatable bonds is 5. The number of nitriles is 1. The van der Waals surface area contributed by atoms with Gasteiger partial charge in [-0.05, 0) is 23.8 Å². The SMILES string of the molecule is CCn1c(C(C)S(=O)(=O)CC)nc([N+](=O)[O-])c1C#N. The summed E-state index contributed by atoms with van der Waals surface area (Å²) >= 11 is 0. The monoisotopic (exact) mass is 286 g/mol. The van der Waals surface area contributed by atoms with Gasteiger partial charge >= 0.3 is 5.82 Å². The summed E-state index contributed by atoms with van der Waals surface area (Å²) in [5.74, 6) is -0.662. The minimum Gasteiger partial charge on any atom is -0.358 e. The van der Waals surface area contributed by atoms with Crippen LogP contribution in [0.1, 0.15) is 37.5 Å². The molecule has 0 aromatic carbocycles. The molecular formula is C10H14N4O4S. The highest BCUT2D eigenvalue weighted by Crippen LogP contribution is 2.27. The van der Waals surface area contributed by atoms with Crippen LogP contribution in [0.2, 0.25) is 0 Å². The highest BCUT2D eigenvalue weighted by Gasteiger charge is 2.35. The first-order valence-corrected chi connectivity index (χ1v) is 7.38. The second kappa shape index (κ2) is 5.36. The second-order valence-corrected chi connectivity index (χ2v) is 6.46. The minimum absolute atomic E-state index is 0.0348. The molecule has 0 radical (unpaired) electrons. The van der Waals surface area contributed by atoms with Crippen molar-refractivity contribution in [3.8, 4) is 6.07 Å². The van der Waals surface area contributed by atoms with Crippen molar-refractivity contribution >= 4 is 15.7 Å². The fourth-order valence-electron chi connectivity index (χ4n) is 1.74. The Hall–Kier alpha value is -1.95. The summed E-state index contributed by atoms with van der Waals surface area (Å²) in [6, 6.07) is 1.71. The Morgan fingerprint density at radius 1 is 1.53 bits per heavy atom. The molecule has 0 bridgehead atoms. The zero-order valence-electron chi connectivity index (χ0n) is 10.8. The molecule has 1 aromatic heterocycles. The third-order valence-electron chi connectivity index (χ3n) is 2.88. The predicted molar refractivity (Wildman–Crippen MR) is 67.1 cm³/mol. The summed E-state index contributed by atoms with van der Waals surface area (Å²) in [7, 11) is -3.44. The topological polar surface area (TPSA) is 119 Å². The van der Waals surface area contributed by atoms with Gasteiger partial charge in [0.2, 0.25) is 11.5 Å². The summed E-state index contributed by atoms with van der Waals surface area (Å²) in [5.41, 5.74) is -0.222. The standard InChI is InChI=1S/C10H14N4O4S/c1-4-13-8(6-11)10(14(15)16)12-9(13)7(3)19(17,18)5-2/h7H,4-5H2,1-3H3. The van der Waals surface area contributed by atoms with Crippen LogP contribution >= 0.6 is 0 Å². The van der Waals surface area contributed by atoms with Crippen molar-refractivity contribution in [1.82, 2.24) is 9.55 Å². The largest absolute Gasteiger partial charge is 0.400 e. The van der Waals surface area contributed by atoms with Crippen LogP contribution in [0.15, 0.2) is 0 Å². The van der Waals surface area contributed by atoms with Gasteiger partial charge in [-0.1, -0.05) is 6.92 Å². The zero-order valence-corrected chi connectivity index (χ0v) is 11.6. The summed E-state index contributed by atoms with van der Waals surface area (Å²) in [6.07, 6.45) is 0. The van der Waals surface area contributed by atoms with Gasteiger partial charge in [-0.2, -0.15) is 5.26 Å². The second-order valence-electron chi connectivity index (χ2n) is 3.85. The van der Waals surface area contributed by atoms with E-state index >= 15 is 0 Å². The van der Waals surface area contributed by atoms with E-state index in [-0.39, 0.29) is 23.8 Å². The Labute approximate surface area is 110 Å². The van der Waals surface area contributed by atoms with Gasteiger partial charge in [0.25, 0.3) is 0 Å². The number of imidazole rings is 1. The molecule has 0 aliphatic heterocycles. The quantitative estimate of drug-likeness (QED) is 0.592. The van der Waals surface area contributed by atoms with Gasteiger partial charge in [-0.25, -0.2) is 8.42 Å². The van der Waals surface area contributed by atoms with Crippen LogP contribution in [-0.4, -0.2) is 28.6 Å². The van der Waals surface area contributed by atoms with Crippen LogP contribution < -0.4 is 0 Å². The lowest BCUT2D eigenvalue weighted by Gasteiger charge is -2.09. The maximum atomic E-state index is 11.8. The molecule has 104 valence electrons. The van der Waals surface area contributed by atoms with E-state index in [0.717, 1.165) is 0 Å². The molecule has 0 fully saturated rings. The molecule has 1 heterocycles. The molecule has 0 aliphatic carbocycles. The molecule has 9 heteroatoms. The van der Waals surface area contributed by atoms with Crippen molar-refractivity contribution in [2.75, 3.05) is 5.75 Å². The van der Waals surface area contributed by atoms with E-state index < -0.39 is 25.8 Å². The van der Waals surface area contributed by atoms with E-state index in [1.807, 2.05) is 0 Å². The molecule has 1 atom stereocenters. The summed E-state index contributed by atoms with van der Waals surface area (Å²) < 4.78 is 25.0. The van der Waals surface area contributed by atoms with Gasteiger partial charge < -0.3 is 10.1 Å². The smallest absolute Gasteiger partial charge is 0.358 e. The number of aromatic nitrogens is 2. The number of sulfone groups is 1. The number of nitro groups is 1. The molecule has 19 heavy (non-hydrogen) atoms. The first-order valence-electron chi connectivity index (χ1n) is 5.66. The Kier molecular flexibility index (Phi) is 4.26. The average molecular weight is 286 g/mol. The van der Waals surface area contributed by atoms with Crippen LogP contribution in [0.5, 0.6) is 0 Å². The summed E-state index contributed by atoms with van der Waals surface area (Å²) in [4.78, 5) is 13.8. The molecule has 1 aromatic rings. The van der Waals surface area contributed by atoms with Crippen LogP contribution in [-0.2, 0) is 16.4 Å². The number of nitrogens with zero attached hydrogens (tertiary/aromatic N) is 4. The molecule has 0 saturated heterocycles. The zero-order chi connectivity index (χ0) is 14.8. The maximum absolute atomic E-state index is 11.8. The van der Waals surface area contributed by atoms with Gasteiger partial charge in [0.05, 0.1) is 0 Å². The number of hydrogen-bond donors (Lipinski definition) is 0. The van der Waals surface area contributed by atoms with Crippen LogP contribution in [0, 0.1) is 21.4 Å². The third kappa shape index (κ3) is 2.58. The molecule has 0 N–H and O–H groups in total. The van der Waals surface area contributed by atoms with Gasteiger partial charge in [-0.3, -0.25) is 4.57 Å². The Morgan fingerprint density at radius 3 is 2.47 bits per heavy atom. The summed E-state index contributed by atoms with van der Waals surface area (Å²) in [6.45, 7) is 4.81. The molecule has 8 nitrogen and oxygen atoms in total. The van der Waals surface area contributed by atoms with Gasteiger partial charge in [-0.15, -0.1) is 0 Å². The number of hydrogen-bond acceptors (Lipinski definition) is 6. The van der Waals surface area contributed by atoms with Crippen molar-refractivity contribution in [2.24, 2.45) is 0 Å². The van der Waals surface area contributed by atoms with Gasteiger partial charge in [0.15, 0.2) is 9.84 Å². The Balaban J connectivity index is 3.54. The van der Waals surface area contributed by atoms with Crippen LogP contribution in [0.25, 0.3) is 0 Å². The molecular weight excluding hydrogens is 272 g/mol. The first kappa shape index (κ1) is 15.1. The van der Waals surface area contributed by atoms with Gasteiger partial charge in [0, 0.05) is 12.3 Å². The van der Waals surface area contributed by atoms with Crippen molar-refractivity contribution in [3.05, 3.63) is 21.6 Å². The van der Waals surface area contributed by atoms with E-state index in [2.05, 4.69) is 4.98 Å². The first-order chi connectivity index (χ1) is 8.80. The normalized spacial score (nSPS) is 12.9. The molecule has 1 rings (SSSR count). The lowest BCUT2D eigenvalue weighted by atomic mass is 10.4. The molecule has 0 aliphatic rings. The fraction of sp³-hybridized carbons (Fsp3) is 0.600. The fourth-order valence-corrected chi connectivity index (χ4v) is 2.74. The molecule has 0 amide bonds. The Morgan fingerprint density at radius 2 is 2.11 bits per heavy atom. The summed E-state index contributed by atoms with van der Waals surface area (Å²) in [5, 5.41) is 18.8. The highest BCUT2D eigenvalue weighted by molar-refractivity contribution is 7.91. The Bertz CT molecular complexity index is 641. The minimum atomic E-state index is -3.44. The van der Waals surface area contributed by atoms with Crippen molar-refractivity contribution in [3.63, 3.8) is 0 Å². The van der Waals surface area contributed by atoms with Crippen LogP contribution in [0.4, 0.5) is 5.82 Å². The predicted octanol–water partition coefficient (Wildman–Crippen LogP) is 1.18. The average Bonchev–Trinajstić information content (AvgIpc) is 2.75. The van der Waals surface area contributed by atoms with Gasteiger partial charge in [0.1, 0.15) is 11.3 Å². The van der Waals surface area contributed by atoms with E-state index in [1.54, 1.807) is 13.0 Å². The third-order valence-corrected chi connectivity index (χ3v) is 4.97. The van der Waals surface area contributed by atoms with Crippen molar-refractivity contribution in [1.29, 1.82) is 5.26 Å². The van der Waals surface area contributed by atoms with E-state index in [4.69, 9.17) is 5.26 Å².